The first-order valence-electron chi connectivity index (χ1n) is 14.1. The molecule has 3 aromatic heterocycles. The number of aryl methyl sites for hydroxylation is 1. The normalized spacial score (nSPS) is 22.8. The van der Waals surface area contributed by atoms with Crippen molar-refractivity contribution in [2.45, 2.75) is 70.5 Å². The molecule has 3 aliphatic rings. The molecular formula is C32H31F4N5. The number of H-pyrrole nitrogens is 1. The van der Waals surface area contributed by atoms with Crippen LogP contribution in [0.1, 0.15) is 79.0 Å². The molecule has 0 saturated carbocycles. The van der Waals surface area contributed by atoms with Crippen LogP contribution < -0.4 is 4.90 Å². The smallest absolute Gasteiger partial charge is 0.364 e. The van der Waals surface area contributed by atoms with Gasteiger partial charge >= 0.3 is 6.18 Å². The molecular weight excluding hydrogens is 530 g/mol. The van der Waals surface area contributed by atoms with Gasteiger partial charge in [0, 0.05) is 54.1 Å². The van der Waals surface area contributed by atoms with Gasteiger partial charge in [0.05, 0.1) is 28.1 Å². The van der Waals surface area contributed by atoms with Crippen LogP contribution in [0.2, 0.25) is 0 Å². The molecule has 2 unspecified atom stereocenters. The number of nitrogens with zero attached hydrogens (tertiary/aromatic N) is 4. The van der Waals surface area contributed by atoms with E-state index in [0.29, 0.717) is 31.8 Å². The summed E-state index contributed by atoms with van der Waals surface area (Å²) in [6, 6.07) is 9.14. The van der Waals surface area contributed by atoms with Gasteiger partial charge in [-0.2, -0.15) is 18.3 Å². The number of pyridine rings is 1. The highest BCUT2D eigenvalue weighted by Gasteiger charge is 2.51. The van der Waals surface area contributed by atoms with Crippen molar-refractivity contribution in [1.82, 2.24) is 19.7 Å². The maximum atomic E-state index is 15.1. The average molecular weight is 562 g/mol. The summed E-state index contributed by atoms with van der Waals surface area (Å²) in [6.07, 6.45) is 2.76. The standard InChI is InChI=1S/C32H31F4N5/c1-5-18-8-7-9-20-23-15-30(3,6-2)27-22(10-12-37-27)31(23,4)28-21-17-40(13-11-25(21)39-41(28)26(18)20)29-24(33)14-19(16-38-29)32(34,35)36/h7-10,12,14-16,37H,5-6,11,13,17H2,1-4H3. The van der Waals surface area contributed by atoms with E-state index in [1.807, 2.05) is 6.20 Å². The Morgan fingerprint density at radius 3 is 2.63 bits per heavy atom. The zero-order chi connectivity index (χ0) is 28.9. The Labute approximate surface area is 235 Å². The number of nitrogens with one attached hydrogen (secondary N) is 1. The first kappa shape index (κ1) is 26.0. The first-order chi connectivity index (χ1) is 19.5. The molecule has 0 amide bonds. The lowest BCUT2D eigenvalue weighted by Gasteiger charge is -2.46. The minimum atomic E-state index is -4.66. The largest absolute Gasteiger partial charge is 0.417 e. The highest BCUT2D eigenvalue weighted by atomic mass is 19.4. The van der Waals surface area contributed by atoms with Crippen molar-refractivity contribution in [2.24, 2.45) is 0 Å². The van der Waals surface area contributed by atoms with Crippen molar-refractivity contribution in [3.8, 4) is 5.69 Å². The summed E-state index contributed by atoms with van der Waals surface area (Å²) in [5, 5.41) is 5.18. The van der Waals surface area contributed by atoms with Crippen LogP contribution in [0.25, 0.3) is 11.3 Å². The molecule has 0 saturated heterocycles. The quantitative estimate of drug-likeness (QED) is 0.268. The molecule has 0 bridgehead atoms. The molecule has 212 valence electrons. The number of anilines is 1. The van der Waals surface area contributed by atoms with Crippen LogP contribution in [-0.4, -0.2) is 26.3 Å². The maximum Gasteiger partial charge on any atom is 0.417 e. The monoisotopic (exact) mass is 561 g/mol. The van der Waals surface area contributed by atoms with Crippen molar-refractivity contribution in [3.05, 3.63) is 99.5 Å². The van der Waals surface area contributed by atoms with Crippen molar-refractivity contribution < 1.29 is 17.6 Å². The number of rotatable bonds is 3. The van der Waals surface area contributed by atoms with Crippen molar-refractivity contribution in [2.75, 3.05) is 11.4 Å². The van der Waals surface area contributed by atoms with Gasteiger partial charge in [-0.3, -0.25) is 0 Å². The molecule has 9 heteroatoms. The van der Waals surface area contributed by atoms with Crippen molar-refractivity contribution in [1.29, 1.82) is 0 Å². The fraction of sp³-hybridized carbons (Fsp3) is 0.375. The number of benzene rings is 1. The Bertz CT molecular complexity index is 1750. The molecule has 4 aromatic rings. The molecule has 1 N–H and O–H groups in total. The zero-order valence-electron chi connectivity index (χ0n) is 23.5. The first-order valence-corrected chi connectivity index (χ1v) is 14.1. The van der Waals surface area contributed by atoms with Crippen LogP contribution in [0, 0.1) is 5.82 Å². The Morgan fingerprint density at radius 2 is 1.93 bits per heavy atom. The van der Waals surface area contributed by atoms with E-state index < -0.39 is 23.0 Å². The lowest BCUT2D eigenvalue weighted by Crippen LogP contribution is -2.42. The molecule has 5 heterocycles. The van der Waals surface area contributed by atoms with Gasteiger partial charge in [0.1, 0.15) is 0 Å². The number of aromatic amines is 1. The van der Waals surface area contributed by atoms with Crippen LogP contribution in [0.15, 0.2) is 48.8 Å². The van der Waals surface area contributed by atoms with Crippen LogP contribution in [0.4, 0.5) is 23.4 Å². The van der Waals surface area contributed by atoms with E-state index in [-0.39, 0.29) is 11.2 Å². The van der Waals surface area contributed by atoms with Gasteiger partial charge in [0.15, 0.2) is 11.6 Å². The second-order valence-electron chi connectivity index (χ2n) is 11.8. The van der Waals surface area contributed by atoms with E-state index in [0.717, 1.165) is 41.0 Å². The van der Waals surface area contributed by atoms with Crippen LogP contribution in [-0.2, 0) is 36.4 Å². The van der Waals surface area contributed by atoms with Gasteiger partial charge in [-0.05, 0) is 48.6 Å². The molecule has 2 atom stereocenters. The predicted molar refractivity (Wildman–Crippen MR) is 150 cm³/mol. The van der Waals surface area contributed by atoms with Gasteiger partial charge in [0.2, 0.25) is 0 Å². The lowest BCUT2D eigenvalue weighted by atomic mass is 9.59. The predicted octanol–water partition coefficient (Wildman–Crippen LogP) is 7.26. The number of alkyl halides is 3. The highest BCUT2D eigenvalue weighted by molar-refractivity contribution is 5.90. The maximum absolute atomic E-state index is 15.1. The molecule has 0 radical (unpaired) electrons. The van der Waals surface area contributed by atoms with E-state index in [9.17, 15) is 13.2 Å². The minimum Gasteiger partial charge on any atom is -0.364 e. The number of fused-ring (bicyclic) bond motifs is 10. The summed E-state index contributed by atoms with van der Waals surface area (Å²) < 4.78 is 56.8. The molecule has 0 spiro atoms. The zero-order valence-corrected chi connectivity index (χ0v) is 23.5. The highest BCUT2D eigenvalue weighted by Crippen LogP contribution is 2.58. The summed E-state index contributed by atoms with van der Waals surface area (Å²) in [5.74, 6) is -1.04. The minimum absolute atomic E-state index is 0.0699. The fourth-order valence-corrected chi connectivity index (χ4v) is 7.21. The second-order valence-corrected chi connectivity index (χ2v) is 11.8. The van der Waals surface area contributed by atoms with E-state index in [1.54, 1.807) is 4.90 Å². The number of allylic oxidation sites excluding steroid dienone is 2. The van der Waals surface area contributed by atoms with E-state index in [1.165, 1.54) is 22.4 Å². The summed E-state index contributed by atoms with van der Waals surface area (Å²) in [6.45, 7) is 9.56. The van der Waals surface area contributed by atoms with Crippen molar-refractivity contribution >= 4 is 11.4 Å². The summed E-state index contributed by atoms with van der Waals surface area (Å²) in [5.41, 5.74) is 8.14. The van der Waals surface area contributed by atoms with Gasteiger partial charge in [-0.25, -0.2) is 14.1 Å². The Kier molecular flexibility index (Phi) is 5.44. The third kappa shape index (κ3) is 3.47. The van der Waals surface area contributed by atoms with Crippen LogP contribution in [0.3, 0.4) is 0 Å². The third-order valence-corrected chi connectivity index (χ3v) is 9.55. The van der Waals surface area contributed by atoms with Gasteiger partial charge in [-0.15, -0.1) is 0 Å². The average Bonchev–Trinajstić information content (AvgIpc) is 3.60. The number of aromatic nitrogens is 4. The molecule has 7 rings (SSSR count). The molecule has 2 aliphatic heterocycles. The Balaban J connectivity index is 1.45. The van der Waals surface area contributed by atoms with E-state index in [2.05, 4.69) is 72.7 Å². The molecule has 0 fully saturated rings. The Hall–Kier alpha value is -3.88. The summed E-state index contributed by atoms with van der Waals surface area (Å²) in [4.78, 5) is 9.22. The number of hydrogen-bond acceptors (Lipinski definition) is 3. The second kappa shape index (κ2) is 8.57. The lowest BCUT2D eigenvalue weighted by molar-refractivity contribution is -0.138. The molecule has 1 aromatic carbocycles. The summed E-state index contributed by atoms with van der Waals surface area (Å²) in [7, 11) is 0. The van der Waals surface area contributed by atoms with E-state index in [4.69, 9.17) is 5.10 Å². The number of para-hydroxylation sites is 1. The van der Waals surface area contributed by atoms with Crippen LogP contribution >= 0.6 is 0 Å². The van der Waals surface area contributed by atoms with Crippen LogP contribution in [0.5, 0.6) is 0 Å². The van der Waals surface area contributed by atoms with Crippen molar-refractivity contribution in [3.63, 3.8) is 0 Å². The van der Waals surface area contributed by atoms with Gasteiger partial charge in [-0.1, -0.05) is 45.0 Å². The molecule has 5 nitrogen and oxygen atoms in total. The van der Waals surface area contributed by atoms with Gasteiger partial charge < -0.3 is 9.88 Å². The number of halogens is 4. The summed E-state index contributed by atoms with van der Waals surface area (Å²) >= 11 is 0. The molecule has 1 aliphatic carbocycles. The number of hydrogen-bond donors (Lipinski definition) is 1. The SMILES string of the molecule is CCc1cccc2c1-n1nc3c(c1C1(C)C2=CC(C)(CC)c2[nH]ccc21)CN(c1ncc(C(F)(F)F)cc1F)CC3. The fourth-order valence-electron chi connectivity index (χ4n) is 7.21. The molecule has 41 heavy (non-hydrogen) atoms. The van der Waals surface area contributed by atoms with E-state index >= 15 is 4.39 Å². The van der Waals surface area contributed by atoms with Gasteiger partial charge in [0.25, 0.3) is 0 Å². The Morgan fingerprint density at radius 1 is 1.12 bits per heavy atom. The third-order valence-electron chi connectivity index (χ3n) is 9.55. The topological polar surface area (TPSA) is 49.7 Å².